The van der Waals surface area contributed by atoms with Gasteiger partial charge in [-0.3, -0.25) is 4.79 Å². The van der Waals surface area contributed by atoms with E-state index in [-0.39, 0.29) is 0 Å². The molecule has 0 amide bonds. The number of nitrogens with zero attached hydrogens (tertiary/aromatic N) is 1. The molecule has 0 aromatic heterocycles. The Kier molecular flexibility index (Phi) is 11.2. The zero-order valence-electron chi connectivity index (χ0n) is 13.5. The average Bonchev–Trinajstić information content (AvgIpc) is 2.40. The minimum absolute atomic E-state index is 0.636. The first-order valence-electron chi connectivity index (χ1n) is 8.09. The standard InChI is InChI=1S/C16H32ClNO2/c1-4-5-6-7-8-9-10-11-12-13-14-18(17)16(2,3)15(19)20/h4-14H2,1-3H3,(H,19,20). The molecular weight excluding hydrogens is 274 g/mol. The summed E-state index contributed by atoms with van der Waals surface area (Å²) in [5.74, 6) is -0.875. The van der Waals surface area contributed by atoms with Crippen LogP contribution in [0, 0.1) is 0 Å². The molecule has 0 fully saturated rings. The van der Waals surface area contributed by atoms with Crippen molar-refractivity contribution >= 4 is 17.7 Å². The van der Waals surface area contributed by atoms with Crippen LogP contribution in [-0.2, 0) is 4.79 Å². The molecule has 0 aromatic rings. The van der Waals surface area contributed by atoms with Crippen molar-refractivity contribution in [2.75, 3.05) is 6.54 Å². The highest BCUT2D eigenvalue weighted by molar-refractivity contribution is 6.15. The van der Waals surface area contributed by atoms with Crippen LogP contribution < -0.4 is 0 Å². The van der Waals surface area contributed by atoms with Crippen molar-refractivity contribution < 1.29 is 9.90 Å². The molecule has 0 atom stereocenters. The summed E-state index contributed by atoms with van der Waals surface area (Å²) < 4.78 is 1.42. The lowest BCUT2D eigenvalue weighted by Gasteiger charge is -2.28. The average molecular weight is 306 g/mol. The van der Waals surface area contributed by atoms with E-state index in [4.69, 9.17) is 16.9 Å². The van der Waals surface area contributed by atoms with Crippen LogP contribution in [0.2, 0.25) is 0 Å². The zero-order valence-corrected chi connectivity index (χ0v) is 14.2. The van der Waals surface area contributed by atoms with E-state index in [2.05, 4.69) is 6.92 Å². The molecule has 0 spiro atoms. The van der Waals surface area contributed by atoms with Crippen LogP contribution in [0.15, 0.2) is 0 Å². The number of carboxylic acids is 1. The SMILES string of the molecule is CCCCCCCCCCCCN(Cl)C(C)(C)C(=O)O. The summed E-state index contributed by atoms with van der Waals surface area (Å²) >= 11 is 6.03. The maximum atomic E-state index is 11.0. The Hall–Kier alpha value is -0.280. The normalized spacial score (nSPS) is 12.1. The van der Waals surface area contributed by atoms with Crippen molar-refractivity contribution in [3.8, 4) is 0 Å². The second kappa shape index (κ2) is 11.4. The number of carboxylic acid groups (broad SMARTS) is 1. The van der Waals surface area contributed by atoms with Crippen LogP contribution in [-0.4, -0.2) is 27.6 Å². The van der Waals surface area contributed by atoms with Crippen LogP contribution in [0.25, 0.3) is 0 Å². The maximum absolute atomic E-state index is 11.0. The smallest absolute Gasteiger partial charge is 0.324 e. The second-order valence-electron chi connectivity index (χ2n) is 6.13. The van der Waals surface area contributed by atoms with Gasteiger partial charge < -0.3 is 5.11 Å². The number of rotatable bonds is 13. The van der Waals surface area contributed by atoms with Crippen molar-refractivity contribution in [1.29, 1.82) is 0 Å². The molecule has 0 radical (unpaired) electrons. The molecule has 0 aliphatic carbocycles. The van der Waals surface area contributed by atoms with Gasteiger partial charge >= 0.3 is 5.97 Å². The van der Waals surface area contributed by atoms with E-state index >= 15 is 0 Å². The lowest BCUT2D eigenvalue weighted by atomic mass is 10.0. The summed E-state index contributed by atoms with van der Waals surface area (Å²) in [6.07, 6.45) is 12.7. The van der Waals surface area contributed by atoms with E-state index in [0.717, 1.165) is 12.8 Å². The van der Waals surface area contributed by atoms with Gasteiger partial charge in [-0.1, -0.05) is 64.7 Å². The first kappa shape index (κ1) is 19.7. The largest absolute Gasteiger partial charge is 0.480 e. The molecular formula is C16H32ClNO2. The third-order valence-electron chi connectivity index (χ3n) is 3.84. The Bertz CT molecular complexity index is 257. The topological polar surface area (TPSA) is 40.5 Å². The Labute approximate surface area is 129 Å². The predicted molar refractivity (Wildman–Crippen MR) is 86.1 cm³/mol. The van der Waals surface area contributed by atoms with Crippen LogP contribution in [0.1, 0.15) is 85.0 Å². The van der Waals surface area contributed by atoms with E-state index in [1.807, 2.05) is 0 Å². The fraction of sp³-hybridized carbons (Fsp3) is 0.938. The van der Waals surface area contributed by atoms with Gasteiger partial charge in [-0.05, 0) is 32.0 Å². The molecule has 0 unspecified atom stereocenters. The summed E-state index contributed by atoms with van der Waals surface area (Å²) in [5.41, 5.74) is -0.985. The summed E-state index contributed by atoms with van der Waals surface area (Å²) in [4.78, 5) is 11.0. The first-order chi connectivity index (χ1) is 9.42. The lowest BCUT2D eigenvalue weighted by Crippen LogP contribution is -2.45. The quantitative estimate of drug-likeness (QED) is 0.374. The minimum Gasteiger partial charge on any atom is -0.480 e. The third-order valence-corrected chi connectivity index (χ3v) is 4.43. The van der Waals surface area contributed by atoms with Gasteiger partial charge in [-0.15, -0.1) is 0 Å². The van der Waals surface area contributed by atoms with Crippen molar-refractivity contribution in [2.24, 2.45) is 0 Å². The number of carbonyl (C=O) groups is 1. The Morgan fingerprint density at radius 1 is 0.950 bits per heavy atom. The van der Waals surface area contributed by atoms with E-state index in [9.17, 15) is 4.79 Å². The molecule has 0 aliphatic rings. The van der Waals surface area contributed by atoms with Crippen LogP contribution in [0.4, 0.5) is 0 Å². The number of aliphatic carboxylic acids is 1. The number of unbranched alkanes of at least 4 members (excludes halogenated alkanes) is 9. The van der Waals surface area contributed by atoms with Gasteiger partial charge in [0.05, 0.1) is 0 Å². The molecule has 0 saturated carbocycles. The number of halogens is 1. The van der Waals surface area contributed by atoms with E-state index < -0.39 is 11.5 Å². The van der Waals surface area contributed by atoms with E-state index in [1.54, 1.807) is 13.8 Å². The first-order valence-corrected chi connectivity index (χ1v) is 8.43. The highest BCUT2D eigenvalue weighted by atomic mass is 35.5. The summed E-state index contributed by atoms with van der Waals surface area (Å²) in [5, 5.41) is 9.05. The number of hydrogen-bond donors (Lipinski definition) is 1. The fourth-order valence-electron chi connectivity index (χ4n) is 2.12. The molecule has 0 heterocycles. The van der Waals surface area contributed by atoms with Gasteiger partial charge in [0.25, 0.3) is 0 Å². The fourth-order valence-corrected chi connectivity index (χ4v) is 2.31. The molecule has 0 rings (SSSR count). The third kappa shape index (κ3) is 8.80. The summed E-state index contributed by atoms with van der Waals surface area (Å²) in [6, 6.07) is 0. The molecule has 0 aromatic carbocycles. The van der Waals surface area contributed by atoms with Crippen molar-refractivity contribution in [3.05, 3.63) is 0 Å². The molecule has 3 nitrogen and oxygen atoms in total. The van der Waals surface area contributed by atoms with Crippen LogP contribution in [0.3, 0.4) is 0 Å². The molecule has 0 saturated heterocycles. The Balaban J connectivity index is 3.42. The van der Waals surface area contributed by atoms with Gasteiger partial charge in [-0.25, -0.2) is 4.42 Å². The van der Waals surface area contributed by atoms with Crippen LogP contribution in [0.5, 0.6) is 0 Å². The molecule has 0 bridgehead atoms. The van der Waals surface area contributed by atoms with Gasteiger partial charge in [0.15, 0.2) is 0 Å². The molecule has 4 heteroatoms. The monoisotopic (exact) mass is 305 g/mol. The van der Waals surface area contributed by atoms with Gasteiger partial charge in [0.1, 0.15) is 5.54 Å². The van der Waals surface area contributed by atoms with Crippen molar-refractivity contribution in [2.45, 2.75) is 90.5 Å². The van der Waals surface area contributed by atoms with Crippen molar-refractivity contribution in [3.63, 3.8) is 0 Å². The second-order valence-corrected chi connectivity index (χ2v) is 6.54. The van der Waals surface area contributed by atoms with Gasteiger partial charge in [0, 0.05) is 6.54 Å². The highest BCUT2D eigenvalue weighted by Crippen LogP contribution is 2.19. The molecule has 20 heavy (non-hydrogen) atoms. The van der Waals surface area contributed by atoms with E-state index in [1.165, 1.54) is 55.8 Å². The molecule has 1 N–H and O–H groups in total. The maximum Gasteiger partial charge on any atom is 0.324 e. The lowest BCUT2D eigenvalue weighted by molar-refractivity contribution is -0.146. The summed E-state index contributed by atoms with van der Waals surface area (Å²) in [6.45, 7) is 6.15. The van der Waals surface area contributed by atoms with Crippen molar-refractivity contribution in [1.82, 2.24) is 4.42 Å². The Morgan fingerprint density at radius 2 is 1.35 bits per heavy atom. The summed E-state index contributed by atoms with van der Waals surface area (Å²) in [7, 11) is 0. The van der Waals surface area contributed by atoms with Gasteiger partial charge in [0.2, 0.25) is 0 Å². The highest BCUT2D eigenvalue weighted by Gasteiger charge is 2.33. The predicted octanol–water partition coefficient (Wildman–Crippen LogP) is 5.23. The van der Waals surface area contributed by atoms with E-state index in [0.29, 0.717) is 6.54 Å². The Morgan fingerprint density at radius 3 is 1.75 bits per heavy atom. The van der Waals surface area contributed by atoms with Crippen LogP contribution >= 0.6 is 11.8 Å². The molecule has 0 aliphatic heterocycles. The van der Waals surface area contributed by atoms with Gasteiger partial charge in [-0.2, -0.15) is 0 Å². The number of hydrogen-bond acceptors (Lipinski definition) is 2. The molecule has 120 valence electrons. The zero-order chi connectivity index (χ0) is 15.4. The minimum atomic E-state index is -0.985.